The summed E-state index contributed by atoms with van der Waals surface area (Å²) in [6.07, 6.45) is 6.85. The third-order valence-electron chi connectivity index (χ3n) is 7.71. The van der Waals surface area contributed by atoms with Crippen LogP contribution < -0.4 is 9.47 Å². The van der Waals surface area contributed by atoms with Crippen molar-refractivity contribution in [2.24, 2.45) is 0 Å². The van der Waals surface area contributed by atoms with E-state index in [1.54, 1.807) is 11.8 Å². The molecule has 1 aliphatic rings. The minimum atomic E-state index is -3.99. The highest BCUT2D eigenvalue weighted by molar-refractivity contribution is 8.03. The van der Waals surface area contributed by atoms with Crippen LogP contribution in [0.3, 0.4) is 0 Å². The number of aryl methyl sites for hydroxylation is 1. The summed E-state index contributed by atoms with van der Waals surface area (Å²) in [6.45, 7) is 7.87. The van der Waals surface area contributed by atoms with Crippen molar-refractivity contribution in [2.75, 3.05) is 30.8 Å². The standard InChI is InChI=1S/C34H37N3O3S2/c1-4-36(5-2)25-26-15-17-27(18-16-26)29(24-34-35(3)32-13-8-9-14-33(32)41-34)23-28-19-21-37(20-10-22-42(38,39)40)31-12-7-6-11-30(28)31/h6-9,11-19,21,23-24H,4-5,10,20,22,25H2,1-3H3/p+1. The third kappa shape index (κ3) is 7.13. The quantitative estimate of drug-likeness (QED) is 0.150. The summed E-state index contributed by atoms with van der Waals surface area (Å²) in [5.74, 6) is -0.258. The number of benzene rings is 3. The molecular formula is C34H38N3O3S2+. The number of anilines is 1. The highest BCUT2D eigenvalue weighted by Crippen LogP contribution is 2.45. The molecule has 218 valence electrons. The number of pyridine rings is 1. The second kappa shape index (κ2) is 13.3. The smallest absolute Gasteiger partial charge is 0.265 e. The minimum Gasteiger partial charge on any atom is -0.338 e. The lowest BCUT2D eigenvalue weighted by molar-refractivity contribution is -0.671. The number of rotatable bonds is 11. The second-order valence-electron chi connectivity index (χ2n) is 10.5. The van der Waals surface area contributed by atoms with Gasteiger partial charge in [0.15, 0.2) is 6.20 Å². The maximum Gasteiger partial charge on any atom is 0.265 e. The average molecular weight is 601 g/mol. The fraction of sp³-hybridized carbons (Fsp3) is 0.265. The van der Waals surface area contributed by atoms with Gasteiger partial charge in [0, 0.05) is 37.0 Å². The van der Waals surface area contributed by atoms with Crippen LogP contribution >= 0.6 is 11.8 Å². The molecule has 1 aromatic heterocycles. The Labute approximate surface area is 253 Å². The van der Waals surface area contributed by atoms with Crippen LogP contribution in [0.4, 0.5) is 5.69 Å². The van der Waals surface area contributed by atoms with E-state index in [9.17, 15) is 13.0 Å². The molecule has 0 aliphatic carbocycles. The van der Waals surface area contributed by atoms with Crippen molar-refractivity contribution in [2.45, 2.75) is 38.3 Å². The summed E-state index contributed by atoms with van der Waals surface area (Å²) < 4.78 is 33.8. The number of allylic oxidation sites excluding steroid dienone is 2. The Balaban J connectivity index is 1.55. The minimum absolute atomic E-state index is 0.258. The number of hydrogen-bond acceptors (Lipinski definition) is 5. The zero-order chi connectivity index (χ0) is 29.7. The summed E-state index contributed by atoms with van der Waals surface area (Å²) in [5, 5.41) is 2.24. The third-order valence-corrected chi connectivity index (χ3v) is 9.68. The molecule has 8 heteroatoms. The SMILES string of the molecule is CCN(CC)Cc1ccc(C(=Cc2cc[n+](CCCS(=O)(=O)O)c3ccccc23)C=C2Sc3ccccc3N2C)cc1. The van der Waals surface area contributed by atoms with Gasteiger partial charge in [-0.1, -0.05) is 74.1 Å². The topological polar surface area (TPSA) is 64.7 Å². The molecule has 42 heavy (non-hydrogen) atoms. The van der Waals surface area contributed by atoms with Crippen molar-refractivity contribution < 1.29 is 17.5 Å². The van der Waals surface area contributed by atoms with Gasteiger partial charge in [0.1, 0.15) is 6.54 Å². The number of nitrogens with zero attached hydrogens (tertiary/aromatic N) is 3. The molecule has 3 aromatic carbocycles. The lowest BCUT2D eigenvalue weighted by atomic mass is 9.99. The Morgan fingerprint density at radius 3 is 2.40 bits per heavy atom. The van der Waals surface area contributed by atoms with Gasteiger partial charge in [-0.2, -0.15) is 13.0 Å². The molecule has 0 spiro atoms. The van der Waals surface area contributed by atoms with Crippen molar-refractivity contribution in [1.29, 1.82) is 0 Å². The van der Waals surface area contributed by atoms with Crippen LogP contribution in [0.25, 0.3) is 22.6 Å². The van der Waals surface area contributed by atoms with E-state index >= 15 is 0 Å². The molecule has 1 N–H and O–H groups in total. The Kier molecular flexibility index (Phi) is 9.48. The molecule has 0 saturated carbocycles. The molecule has 1 aliphatic heterocycles. The lowest BCUT2D eigenvalue weighted by Gasteiger charge is -2.18. The maximum absolute atomic E-state index is 11.3. The van der Waals surface area contributed by atoms with Crippen molar-refractivity contribution in [1.82, 2.24) is 4.90 Å². The predicted octanol–water partition coefficient (Wildman–Crippen LogP) is 6.87. The van der Waals surface area contributed by atoms with Gasteiger partial charge in [-0.3, -0.25) is 9.45 Å². The van der Waals surface area contributed by atoms with Crippen molar-refractivity contribution in [3.8, 4) is 0 Å². The number of thioether (sulfide) groups is 1. The molecule has 0 fully saturated rings. The van der Waals surface area contributed by atoms with Gasteiger partial charge in [0.25, 0.3) is 10.1 Å². The van der Waals surface area contributed by atoms with Crippen molar-refractivity contribution in [3.05, 3.63) is 113 Å². The van der Waals surface area contributed by atoms with E-state index < -0.39 is 10.1 Å². The van der Waals surface area contributed by atoms with E-state index in [0.717, 1.165) is 52.3 Å². The van der Waals surface area contributed by atoms with Gasteiger partial charge < -0.3 is 4.90 Å². The molecule has 5 rings (SSSR count). The molecule has 0 bridgehead atoms. The average Bonchev–Trinajstić information content (AvgIpc) is 3.31. The first-order valence-electron chi connectivity index (χ1n) is 14.4. The normalized spacial score (nSPS) is 14.7. The highest BCUT2D eigenvalue weighted by Gasteiger charge is 2.22. The second-order valence-corrected chi connectivity index (χ2v) is 13.1. The highest BCUT2D eigenvalue weighted by atomic mass is 32.2. The maximum atomic E-state index is 11.3. The van der Waals surface area contributed by atoms with Crippen LogP contribution in [0.2, 0.25) is 0 Å². The van der Waals surface area contributed by atoms with E-state index in [1.807, 2.05) is 18.3 Å². The molecule has 4 aromatic rings. The number of aromatic nitrogens is 1. The first-order valence-corrected chi connectivity index (χ1v) is 16.8. The summed E-state index contributed by atoms with van der Waals surface area (Å²) in [6, 6.07) is 27.6. The first kappa shape index (κ1) is 30.0. The van der Waals surface area contributed by atoms with Crippen LogP contribution in [0, 0.1) is 0 Å². The van der Waals surface area contributed by atoms with Crippen LogP contribution in [0.1, 0.15) is 37.0 Å². The fourth-order valence-corrected chi connectivity index (χ4v) is 6.91. The van der Waals surface area contributed by atoms with Gasteiger partial charge in [0.2, 0.25) is 5.52 Å². The van der Waals surface area contributed by atoms with E-state index in [1.165, 1.54) is 16.1 Å². The summed E-state index contributed by atoms with van der Waals surface area (Å²) in [4.78, 5) is 5.90. The van der Waals surface area contributed by atoms with Gasteiger partial charge in [0.05, 0.1) is 21.9 Å². The number of para-hydroxylation sites is 2. The van der Waals surface area contributed by atoms with E-state index in [2.05, 4.69) is 114 Å². The molecule has 6 nitrogen and oxygen atoms in total. The van der Waals surface area contributed by atoms with Crippen LogP contribution in [-0.4, -0.2) is 43.8 Å². The summed E-state index contributed by atoms with van der Waals surface area (Å²) in [5.41, 5.74) is 6.86. The molecule has 0 radical (unpaired) electrons. The van der Waals surface area contributed by atoms with E-state index in [0.29, 0.717) is 13.0 Å². The van der Waals surface area contributed by atoms with Crippen molar-refractivity contribution >= 4 is 50.1 Å². The Morgan fingerprint density at radius 1 is 0.976 bits per heavy atom. The Hall–Kier alpha value is -3.43. The molecule has 0 saturated heterocycles. The van der Waals surface area contributed by atoms with Gasteiger partial charge in [-0.25, -0.2) is 0 Å². The largest absolute Gasteiger partial charge is 0.338 e. The van der Waals surface area contributed by atoms with Gasteiger partial charge in [-0.15, -0.1) is 0 Å². The Bertz CT molecular complexity index is 1730. The molecular weight excluding hydrogens is 563 g/mol. The monoisotopic (exact) mass is 600 g/mol. The predicted molar refractivity (Wildman–Crippen MR) is 175 cm³/mol. The van der Waals surface area contributed by atoms with Crippen LogP contribution in [0.15, 0.2) is 101 Å². The number of fused-ring (bicyclic) bond motifs is 2. The van der Waals surface area contributed by atoms with Crippen LogP contribution in [-0.2, 0) is 23.2 Å². The summed E-state index contributed by atoms with van der Waals surface area (Å²) in [7, 11) is -1.88. The fourth-order valence-electron chi connectivity index (χ4n) is 5.31. The molecule has 0 atom stereocenters. The zero-order valence-electron chi connectivity index (χ0n) is 24.4. The van der Waals surface area contributed by atoms with Crippen molar-refractivity contribution in [3.63, 3.8) is 0 Å². The van der Waals surface area contributed by atoms with Crippen LogP contribution in [0.5, 0.6) is 0 Å². The van der Waals surface area contributed by atoms with E-state index in [-0.39, 0.29) is 5.75 Å². The van der Waals surface area contributed by atoms with Gasteiger partial charge in [-0.05, 0) is 65.7 Å². The molecule has 2 heterocycles. The van der Waals surface area contributed by atoms with E-state index in [4.69, 9.17) is 0 Å². The number of hydrogen-bond donors (Lipinski definition) is 1. The lowest BCUT2D eigenvalue weighted by Crippen LogP contribution is -2.35. The Morgan fingerprint density at radius 2 is 1.69 bits per heavy atom. The van der Waals surface area contributed by atoms with Gasteiger partial charge >= 0.3 is 0 Å². The molecule has 0 amide bonds. The first-order chi connectivity index (χ1) is 20.3. The molecule has 0 unspecified atom stereocenters. The summed E-state index contributed by atoms with van der Waals surface area (Å²) >= 11 is 1.78. The zero-order valence-corrected chi connectivity index (χ0v) is 26.0.